The molecule has 0 aliphatic heterocycles. The van der Waals surface area contributed by atoms with Gasteiger partial charge in [0.2, 0.25) is 5.91 Å². The Morgan fingerprint density at radius 3 is 2.62 bits per heavy atom. The SMILES string of the molecule is CSCC[C@@H](NC(=O)c1ccccc1)C(=O)N(C)Cc1ccsc1. The molecule has 1 aromatic carbocycles. The summed E-state index contributed by atoms with van der Waals surface area (Å²) in [6.07, 6.45) is 2.61. The smallest absolute Gasteiger partial charge is 0.251 e. The number of rotatable bonds is 8. The Balaban J connectivity index is 2.03. The van der Waals surface area contributed by atoms with Crippen LogP contribution >= 0.6 is 23.1 Å². The zero-order chi connectivity index (χ0) is 17.4. The van der Waals surface area contributed by atoms with Crippen LogP contribution in [0.5, 0.6) is 0 Å². The lowest BCUT2D eigenvalue weighted by atomic mass is 10.1. The number of carbonyl (C=O) groups excluding carboxylic acids is 2. The van der Waals surface area contributed by atoms with E-state index in [9.17, 15) is 9.59 Å². The van der Waals surface area contributed by atoms with E-state index in [0.29, 0.717) is 18.5 Å². The molecule has 2 amide bonds. The highest BCUT2D eigenvalue weighted by Crippen LogP contribution is 2.11. The Labute approximate surface area is 151 Å². The molecular formula is C18H22N2O2S2. The van der Waals surface area contributed by atoms with Crippen LogP contribution in [0.4, 0.5) is 0 Å². The Kier molecular flexibility index (Phi) is 7.34. The number of nitrogens with zero attached hydrogens (tertiary/aromatic N) is 1. The molecule has 1 atom stereocenters. The van der Waals surface area contributed by atoms with Crippen LogP contribution in [0.2, 0.25) is 0 Å². The molecule has 1 heterocycles. The number of amides is 2. The quantitative estimate of drug-likeness (QED) is 0.784. The second-order valence-corrected chi connectivity index (χ2v) is 7.27. The van der Waals surface area contributed by atoms with Crippen molar-refractivity contribution in [3.63, 3.8) is 0 Å². The Bertz CT molecular complexity index is 644. The maximum Gasteiger partial charge on any atom is 0.251 e. The third-order valence-electron chi connectivity index (χ3n) is 3.63. The third-order valence-corrected chi connectivity index (χ3v) is 5.00. The molecule has 4 nitrogen and oxygen atoms in total. The molecule has 24 heavy (non-hydrogen) atoms. The average molecular weight is 363 g/mol. The zero-order valence-corrected chi connectivity index (χ0v) is 15.5. The summed E-state index contributed by atoms with van der Waals surface area (Å²) in [5.41, 5.74) is 1.67. The number of hydrogen-bond donors (Lipinski definition) is 1. The van der Waals surface area contributed by atoms with Crippen molar-refractivity contribution in [2.75, 3.05) is 19.1 Å². The highest BCUT2D eigenvalue weighted by Gasteiger charge is 2.24. The molecule has 128 valence electrons. The van der Waals surface area contributed by atoms with Crippen molar-refractivity contribution >= 4 is 34.9 Å². The predicted octanol–water partition coefficient (Wildman–Crippen LogP) is 3.26. The molecule has 6 heteroatoms. The van der Waals surface area contributed by atoms with Gasteiger partial charge in [-0.05, 0) is 53.0 Å². The van der Waals surface area contributed by atoms with Gasteiger partial charge in [0.25, 0.3) is 5.91 Å². The van der Waals surface area contributed by atoms with E-state index < -0.39 is 6.04 Å². The summed E-state index contributed by atoms with van der Waals surface area (Å²) in [4.78, 5) is 26.8. The molecule has 0 saturated carbocycles. The fourth-order valence-corrected chi connectivity index (χ4v) is 3.46. The number of carbonyl (C=O) groups is 2. The van der Waals surface area contributed by atoms with Gasteiger partial charge < -0.3 is 10.2 Å². The summed E-state index contributed by atoms with van der Waals surface area (Å²) in [6.45, 7) is 0.555. The van der Waals surface area contributed by atoms with Crippen LogP contribution in [-0.4, -0.2) is 41.8 Å². The minimum atomic E-state index is -0.506. The van der Waals surface area contributed by atoms with Gasteiger partial charge in [-0.15, -0.1) is 0 Å². The standard InChI is InChI=1S/C18H22N2O2S2/c1-20(12-14-8-11-24-13-14)18(22)16(9-10-23-2)19-17(21)15-6-4-3-5-7-15/h3-8,11,13,16H,9-10,12H2,1-2H3,(H,19,21)/t16-/m1/s1. The number of benzene rings is 1. The summed E-state index contributed by atoms with van der Waals surface area (Å²) < 4.78 is 0. The lowest BCUT2D eigenvalue weighted by Gasteiger charge is -2.24. The molecule has 0 unspecified atom stereocenters. The second-order valence-electron chi connectivity index (χ2n) is 5.50. The predicted molar refractivity (Wildman–Crippen MR) is 101 cm³/mol. The number of thioether (sulfide) groups is 1. The van der Waals surface area contributed by atoms with Gasteiger partial charge in [0.15, 0.2) is 0 Å². The van der Waals surface area contributed by atoms with Crippen LogP contribution in [0.3, 0.4) is 0 Å². The minimum Gasteiger partial charge on any atom is -0.340 e. The fraction of sp³-hybridized carbons (Fsp3) is 0.333. The van der Waals surface area contributed by atoms with Gasteiger partial charge in [-0.3, -0.25) is 9.59 Å². The van der Waals surface area contributed by atoms with E-state index in [0.717, 1.165) is 11.3 Å². The Hall–Kier alpha value is -1.79. The summed E-state index contributed by atoms with van der Waals surface area (Å²) in [6, 6.07) is 10.5. The first-order valence-electron chi connectivity index (χ1n) is 7.72. The van der Waals surface area contributed by atoms with Crippen molar-refractivity contribution in [2.45, 2.75) is 19.0 Å². The monoisotopic (exact) mass is 362 g/mol. The molecule has 0 aliphatic carbocycles. The minimum absolute atomic E-state index is 0.0560. The van der Waals surface area contributed by atoms with Gasteiger partial charge in [0, 0.05) is 19.2 Å². The maximum absolute atomic E-state index is 12.7. The molecule has 2 rings (SSSR count). The van der Waals surface area contributed by atoms with Crippen molar-refractivity contribution in [2.24, 2.45) is 0 Å². The third kappa shape index (κ3) is 5.39. The molecule has 0 spiro atoms. The van der Waals surface area contributed by atoms with Crippen LogP contribution in [0.1, 0.15) is 22.3 Å². The summed E-state index contributed by atoms with van der Waals surface area (Å²) >= 11 is 3.28. The van der Waals surface area contributed by atoms with E-state index in [2.05, 4.69) is 5.32 Å². The van der Waals surface area contributed by atoms with Crippen molar-refractivity contribution in [3.8, 4) is 0 Å². The lowest BCUT2D eigenvalue weighted by Crippen LogP contribution is -2.47. The van der Waals surface area contributed by atoms with Crippen molar-refractivity contribution in [1.82, 2.24) is 10.2 Å². The first-order valence-corrected chi connectivity index (χ1v) is 10.1. The molecule has 0 aliphatic rings. The van der Waals surface area contributed by atoms with Crippen LogP contribution in [0.25, 0.3) is 0 Å². The zero-order valence-electron chi connectivity index (χ0n) is 13.9. The van der Waals surface area contributed by atoms with Crippen molar-refractivity contribution in [1.29, 1.82) is 0 Å². The van der Waals surface area contributed by atoms with E-state index in [1.54, 1.807) is 47.2 Å². The Morgan fingerprint density at radius 1 is 1.25 bits per heavy atom. The Morgan fingerprint density at radius 2 is 2.00 bits per heavy atom. The summed E-state index contributed by atoms with van der Waals surface area (Å²) in [5, 5.41) is 6.91. The lowest BCUT2D eigenvalue weighted by molar-refractivity contribution is -0.132. The topological polar surface area (TPSA) is 49.4 Å². The van der Waals surface area contributed by atoms with Gasteiger partial charge in [0.1, 0.15) is 6.04 Å². The number of hydrogen-bond acceptors (Lipinski definition) is 4. The van der Waals surface area contributed by atoms with Crippen molar-refractivity contribution < 1.29 is 9.59 Å². The molecular weight excluding hydrogens is 340 g/mol. The first-order chi connectivity index (χ1) is 11.6. The summed E-state index contributed by atoms with van der Waals surface area (Å²) in [5.74, 6) is 0.552. The maximum atomic E-state index is 12.7. The highest BCUT2D eigenvalue weighted by atomic mass is 32.2. The van der Waals surface area contributed by atoms with Crippen LogP contribution < -0.4 is 5.32 Å². The van der Waals surface area contributed by atoms with Gasteiger partial charge >= 0.3 is 0 Å². The van der Waals surface area contributed by atoms with Crippen LogP contribution in [0.15, 0.2) is 47.2 Å². The van der Waals surface area contributed by atoms with Gasteiger partial charge in [0.05, 0.1) is 0 Å². The highest BCUT2D eigenvalue weighted by molar-refractivity contribution is 7.98. The number of likely N-dealkylation sites (N-methyl/N-ethyl adjacent to an activating group) is 1. The average Bonchev–Trinajstić information content (AvgIpc) is 3.11. The van der Waals surface area contributed by atoms with E-state index in [1.807, 2.05) is 41.3 Å². The number of thiophene rings is 1. The second kappa shape index (κ2) is 9.49. The normalized spacial score (nSPS) is 11.8. The van der Waals surface area contributed by atoms with Crippen LogP contribution in [-0.2, 0) is 11.3 Å². The molecule has 0 radical (unpaired) electrons. The fourth-order valence-electron chi connectivity index (χ4n) is 2.32. The molecule has 2 aromatic rings. The van der Waals surface area contributed by atoms with Gasteiger partial charge in [-0.1, -0.05) is 18.2 Å². The number of nitrogens with one attached hydrogen (secondary N) is 1. The van der Waals surface area contributed by atoms with E-state index in [-0.39, 0.29) is 11.8 Å². The van der Waals surface area contributed by atoms with E-state index >= 15 is 0 Å². The van der Waals surface area contributed by atoms with Gasteiger partial charge in [-0.25, -0.2) is 0 Å². The molecule has 0 bridgehead atoms. The molecule has 0 saturated heterocycles. The molecule has 1 N–H and O–H groups in total. The van der Waals surface area contributed by atoms with Crippen LogP contribution in [0, 0.1) is 0 Å². The molecule has 1 aromatic heterocycles. The first kappa shape index (κ1) is 18.5. The largest absolute Gasteiger partial charge is 0.340 e. The van der Waals surface area contributed by atoms with E-state index in [4.69, 9.17) is 0 Å². The molecule has 0 fully saturated rings. The summed E-state index contributed by atoms with van der Waals surface area (Å²) in [7, 11) is 1.78. The van der Waals surface area contributed by atoms with Gasteiger partial charge in [-0.2, -0.15) is 23.1 Å². The van der Waals surface area contributed by atoms with E-state index in [1.165, 1.54) is 0 Å². The van der Waals surface area contributed by atoms with Crippen molar-refractivity contribution in [3.05, 3.63) is 58.3 Å².